The zero-order chi connectivity index (χ0) is 12.7. The highest BCUT2D eigenvalue weighted by atomic mass is 79.9. The molecule has 1 aromatic heterocycles. The average molecular weight is 377 g/mol. The van der Waals surface area contributed by atoms with Crippen LogP contribution in [0.3, 0.4) is 0 Å². The van der Waals surface area contributed by atoms with Crippen molar-refractivity contribution < 1.29 is 9.53 Å². The molecule has 0 N–H and O–H groups in total. The van der Waals surface area contributed by atoms with Gasteiger partial charge in [-0.05, 0) is 30.5 Å². The second-order valence-electron chi connectivity index (χ2n) is 3.29. The number of carbonyl (C=O) groups is 1. The molecule has 0 aliphatic rings. The Morgan fingerprint density at radius 3 is 2.61 bits per heavy atom. The van der Waals surface area contributed by atoms with Gasteiger partial charge in [-0.3, -0.25) is 9.78 Å². The number of ether oxygens (including phenoxy) is 1. The van der Waals surface area contributed by atoms with Crippen molar-refractivity contribution in [3.63, 3.8) is 0 Å². The molecule has 0 fully saturated rings. The van der Waals surface area contributed by atoms with Crippen molar-refractivity contribution in [2.45, 2.75) is 13.8 Å². The van der Waals surface area contributed by atoms with E-state index in [1.165, 1.54) is 17.7 Å². The van der Waals surface area contributed by atoms with E-state index in [1.54, 1.807) is 13.1 Å². The number of hydrogen-bond acceptors (Lipinski definition) is 3. The zero-order valence-corrected chi connectivity index (χ0v) is 13.5. The van der Waals surface area contributed by atoms with E-state index in [1.807, 2.05) is 24.4 Å². The topological polar surface area (TPSA) is 39.2 Å². The number of fused-ring (bicyclic) bond motifs is 1. The zero-order valence-electron chi connectivity index (χ0n) is 10.2. The molecule has 0 saturated heterocycles. The Bertz CT molecular complexity index is 503. The molecule has 2 aromatic rings. The first-order valence-electron chi connectivity index (χ1n) is 5.26. The van der Waals surface area contributed by atoms with Crippen LogP contribution in [0, 0.1) is 0 Å². The summed E-state index contributed by atoms with van der Waals surface area (Å²) in [6, 6.07) is 8.15. The highest BCUT2D eigenvalue weighted by molar-refractivity contribution is 9.10. The van der Waals surface area contributed by atoms with Crippen molar-refractivity contribution in [2.75, 3.05) is 6.61 Å². The number of aromatic nitrogens is 1. The quantitative estimate of drug-likeness (QED) is 0.702. The molecular formula is C13H15Br2NO2. The van der Waals surface area contributed by atoms with Gasteiger partial charge >= 0.3 is 5.97 Å². The first kappa shape index (κ1) is 17.1. The fourth-order valence-electron chi connectivity index (χ4n) is 1.26. The predicted octanol–water partition coefficient (Wildman–Crippen LogP) is 4.14. The van der Waals surface area contributed by atoms with Gasteiger partial charge in [0.05, 0.1) is 6.61 Å². The van der Waals surface area contributed by atoms with E-state index in [2.05, 4.69) is 31.7 Å². The largest absolute Gasteiger partial charge is 0.466 e. The van der Waals surface area contributed by atoms with Gasteiger partial charge in [0.1, 0.15) is 0 Å². The molecule has 2 rings (SSSR count). The molecule has 1 heterocycles. The van der Waals surface area contributed by atoms with Crippen LogP contribution < -0.4 is 0 Å². The van der Waals surface area contributed by atoms with E-state index >= 15 is 0 Å². The van der Waals surface area contributed by atoms with Crippen molar-refractivity contribution >= 4 is 49.7 Å². The van der Waals surface area contributed by atoms with Crippen LogP contribution in [0.4, 0.5) is 0 Å². The van der Waals surface area contributed by atoms with Gasteiger partial charge in [0, 0.05) is 29.2 Å². The molecule has 0 aliphatic carbocycles. The Morgan fingerprint density at radius 2 is 2.06 bits per heavy atom. The Balaban J connectivity index is 0.000000362. The SMILES string of the molecule is Br.Brc1ccc2cnccc2c1.CCOC(C)=O. The summed E-state index contributed by atoms with van der Waals surface area (Å²) in [7, 11) is 0. The Hall–Kier alpha value is -0.940. The number of esters is 1. The second kappa shape index (κ2) is 9.05. The predicted molar refractivity (Wildman–Crippen MR) is 82.1 cm³/mol. The van der Waals surface area contributed by atoms with Crippen LogP contribution in [0.2, 0.25) is 0 Å². The number of carbonyl (C=O) groups excluding carboxylic acids is 1. The normalized spacial score (nSPS) is 8.83. The fraction of sp³-hybridized carbons (Fsp3) is 0.231. The first-order chi connectivity index (χ1) is 8.13. The van der Waals surface area contributed by atoms with Crippen LogP contribution in [0.15, 0.2) is 41.1 Å². The molecule has 18 heavy (non-hydrogen) atoms. The van der Waals surface area contributed by atoms with E-state index in [9.17, 15) is 4.79 Å². The van der Waals surface area contributed by atoms with Gasteiger partial charge in [-0.1, -0.05) is 22.0 Å². The maximum atomic E-state index is 9.82. The number of halogens is 2. The molecule has 3 nitrogen and oxygen atoms in total. The number of benzene rings is 1. The van der Waals surface area contributed by atoms with E-state index < -0.39 is 0 Å². The van der Waals surface area contributed by atoms with Crippen LogP contribution >= 0.6 is 32.9 Å². The molecule has 0 spiro atoms. The maximum Gasteiger partial charge on any atom is 0.302 e. The Morgan fingerprint density at radius 1 is 1.33 bits per heavy atom. The molecule has 0 bridgehead atoms. The number of pyridine rings is 1. The first-order valence-corrected chi connectivity index (χ1v) is 6.05. The van der Waals surface area contributed by atoms with Gasteiger partial charge in [0.15, 0.2) is 0 Å². The van der Waals surface area contributed by atoms with Gasteiger partial charge in [-0.2, -0.15) is 0 Å². The molecule has 0 atom stereocenters. The number of rotatable bonds is 1. The third kappa shape index (κ3) is 6.12. The summed E-state index contributed by atoms with van der Waals surface area (Å²) in [6.45, 7) is 3.65. The lowest BCUT2D eigenvalue weighted by Crippen LogP contribution is -1.95. The molecule has 5 heteroatoms. The lowest BCUT2D eigenvalue weighted by atomic mass is 10.2. The number of hydrogen-bond donors (Lipinski definition) is 0. The minimum absolute atomic E-state index is 0. The van der Waals surface area contributed by atoms with Crippen LogP contribution in [-0.2, 0) is 9.53 Å². The lowest BCUT2D eigenvalue weighted by Gasteiger charge is -1.95. The third-order valence-electron chi connectivity index (χ3n) is 1.95. The Labute approximate surface area is 125 Å². The van der Waals surface area contributed by atoms with Crippen molar-refractivity contribution in [1.29, 1.82) is 0 Å². The summed E-state index contributed by atoms with van der Waals surface area (Å²) in [4.78, 5) is 13.8. The van der Waals surface area contributed by atoms with Crippen molar-refractivity contribution in [2.24, 2.45) is 0 Å². The molecule has 98 valence electrons. The molecule has 0 radical (unpaired) electrons. The molecule has 0 unspecified atom stereocenters. The van der Waals surface area contributed by atoms with Crippen LogP contribution in [0.25, 0.3) is 10.8 Å². The van der Waals surface area contributed by atoms with E-state index in [4.69, 9.17) is 0 Å². The van der Waals surface area contributed by atoms with Crippen molar-refractivity contribution in [3.05, 3.63) is 41.1 Å². The van der Waals surface area contributed by atoms with Crippen molar-refractivity contribution in [3.8, 4) is 0 Å². The molecule has 1 aromatic carbocycles. The summed E-state index contributed by atoms with van der Waals surface area (Å²) in [5.74, 6) is -0.211. The third-order valence-corrected chi connectivity index (χ3v) is 2.44. The van der Waals surface area contributed by atoms with E-state index in [0.29, 0.717) is 6.61 Å². The van der Waals surface area contributed by atoms with Gasteiger partial charge in [0.25, 0.3) is 0 Å². The van der Waals surface area contributed by atoms with Crippen molar-refractivity contribution in [1.82, 2.24) is 4.98 Å². The van der Waals surface area contributed by atoms with Gasteiger partial charge in [-0.15, -0.1) is 17.0 Å². The smallest absolute Gasteiger partial charge is 0.302 e. The van der Waals surface area contributed by atoms with Crippen LogP contribution in [0.1, 0.15) is 13.8 Å². The molecular weight excluding hydrogens is 362 g/mol. The summed E-state index contributed by atoms with van der Waals surface area (Å²) >= 11 is 3.41. The highest BCUT2D eigenvalue weighted by Crippen LogP contribution is 2.17. The maximum absolute atomic E-state index is 9.82. The summed E-state index contributed by atoms with van der Waals surface area (Å²) in [5, 5.41) is 2.39. The lowest BCUT2D eigenvalue weighted by molar-refractivity contribution is -0.140. The summed E-state index contributed by atoms with van der Waals surface area (Å²) < 4.78 is 5.51. The van der Waals surface area contributed by atoms with Gasteiger partial charge < -0.3 is 4.74 Å². The van der Waals surface area contributed by atoms with Gasteiger partial charge in [0.2, 0.25) is 0 Å². The number of nitrogens with zero attached hydrogens (tertiary/aromatic N) is 1. The second-order valence-corrected chi connectivity index (χ2v) is 4.21. The monoisotopic (exact) mass is 375 g/mol. The van der Waals surface area contributed by atoms with Gasteiger partial charge in [-0.25, -0.2) is 0 Å². The highest BCUT2D eigenvalue weighted by Gasteiger charge is 1.91. The summed E-state index contributed by atoms with van der Waals surface area (Å²) in [5.41, 5.74) is 0. The minimum Gasteiger partial charge on any atom is -0.466 e. The minimum atomic E-state index is -0.211. The van der Waals surface area contributed by atoms with E-state index in [-0.39, 0.29) is 23.0 Å². The van der Waals surface area contributed by atoms with Crippen LogP contribution in [0.5, 0.6) is 0 Å². The average Bonchev–Trinajstić information content (AvgIpc) is 2.29. The van der Waals surface area contributed by atoms with Crippen LogP contribution in [-0.4, -0.2) is 17.6 Å². The fourth-order valence-corrected chi connectivity index (χ4v) is 1.64. The molecule has 0 amide bonds. The standard InChI is InChI=1S/C9H6BrN.C4H8O2.BrH/c10-9-2-1-8-6-11-4-3-7(8)5-9;1-3-6-4(2)5;/h1-6H;3H2,1-2H3;1H. The molecule has 0 saturated carbocycles. The molecule has 0 aliphatic heterocycles. The Kier molecular flexibility index (Phi) is 8.58. The summed E-state index contributed by atoms with van der Waals surface area (Å²) in [6.07, 6.45) is 3.66. The van der Waals surface area contributed by atoms with E-state index in [0.717, 1.165) is 4.47 Å².